The number of ether oxygens (including phenoxy) is 1. The normalized spacial score (nSPS) is 10.2. The Hall–Kier alpha value is -1.33. The Balaban J connectivity index is 2.31. The number of halogens is 2. The monoisotopic (exact) mass is 327 g/mol. The van der Waals surface area contributed by atoms with Crippen LogP contribution in [0.3, 0.4) is 0 Å². The number of nitrogens with zero attached hydrogens (tertiary/aromatic N) is 2. The second-order valence-electron chi connectivity index (χ2n) is 3.64. The lowest BCUT2D eigenvalue weighted by atomic mass is 10.2. The topological polar surface area (TPSA) is 47.0 Å². The third-order valence-electron chi connectivity index (χ3n) is 2.40. The van der Waals surface area contributed by atoms with E-state index in [1.807, 2.05) is 25.1 Å². The van der Waals surface area contributed by atoms with Crippen LogP contribution in [0, 0.1) is 6.92 Å². The molecule has 1 heterocycles. The van der Waals surface area contributed by atoms with Gasteiger partial charge in [-0.2, -0.15) is 4.98 Å². The van der Waals surface area contributed by atoms with Gasteiger partial charge in [0.05, 0.1) is 11.6 Å². The second kappa shape index (κ2) is 5.54. The molecule has 0 fully saturated rings. The number of benzene rings is 1. The predicted molar refractivity (Wildman–Crippen MR) is 75.8 cm³/mol. The Bertz CT molecular complexity index is 577. The van der Waals surface area contributed by atoms with Crippen LogP contribution in [0.15, 0.2) is 28.9 Å². The van der Waals surface area contributed by atoms with E-state index in [1.165, 1.54) is 0 Å². The molecule has 2 aromatic rings. The number of hydrogen-bond acceptors (Lipinski definition) is 4. The minimum Gasteiger partial charge on any atom is -0.497 e. The molecule has 0 amide bonds. The van der Waals surface area contributed by atoms with Gasteiger partial charge in [-0.15, -0.1) is 0 Å². The number of hydrogen-bond donors (Lipinski definition) is 1. The van der Waals surface area contributed by atoms with E-state index >= 15 is 0 Å². The minimum atomic E-state index is 0.201. The van der Waals surface area contributed by atoms with Gasteiger partial charge in [-0.25, -0.2) is 4.98 Å². The first-order valence-corrected chi connectivity index (χ1v) is 6.37. The van der Waals surface area contributed by atoms with Crippen molar-refractivity contribution in [3.8, 4) is 5.75 Å². The second-order valence-corrected chi connectivity index (χ2v) is 4.83. The molecular formula is C12H11BrClN3O. The maximum absolute atomic E-state index is 5.77. The molecule has 0 spiro atoms. The number of rotatable bonds is 3. The zero-order valence-corrected chi connectivity index (χ0v) is 12.2. The summed E-state index contributed by atoms with van der Waals surface area (Å²) in [5.74, 6) is 1.45. The van der Waals surface area contributed by atoms with Crippen LogP contribution in [-0.2, 0) is 0 Å². The molecule has 6 heteroatoms. The summed E-state index contributed by atoms with van der Waals surface area (Å²) in [5, 5.41) is 3.40. The summed E-state index contributed by atoms with van der Waals surface area (Å²) in [6, 6.07) is 5.75. The molecule has 0 saturated heterocycles. The molecule has 1 aromatic carbocycles. The lowest BCUT2D eigenvalue weighted by Gasteiger charge is -2.11. The Morgan fingerprint density at radius 2 is 2.17 bits per heavy atom. The van der Waals surface area contributed by atoms with Crippen molar-refractivity contribution in [1.82, 2.24) is 9.97 Å². The fourth-order valence-electron chi connectivity index (χ4n) is 1.46. The highest BCUT2D eigenvalue weighted by atomic mass is 79.9. The van der Waals surface area contributed by atoms with Gasteiger partial charge in [-0.05, 0) is 58.2 Å². The van der Waals surface area contributed by atoms with Crippen LogP contribution in [0.1, 0.15) is 5.56 Å². The molecule has 0 aliphatic heterocycles. The van der Waals surface area contributed by atoms with Crippen molar-refractivity contribution in [3.63, 3.8) is 0 Å². The molecule has 0 atom stereocenters. The summed E-state index contributed by atoms with van der Waals surface area (Å²) in [4.78, 5) is 8.00. The number of aryl methyl sites for hydroxylation is 1. The average Bonchev–Trinajstić information content (AvgIpc) is 2.36. The van der Waals surface area contributed by atoms with Crippen molar-refractivity contribution >= 4 is 39.0 Å². The lowest BCUT2D eigenvalue weighted by Crippen LogP contribution is -1.98. The Kier molecular flexibility index (Phi) is 4.04. The molecule has 0 saturated carbocycles. The van der Waals surface area contributed by atoms with E-state index in [-0.39, 0.29) is 5.28 Å². The molecule has 0 radical (unpaired) electrons. The van der Waals surface area contributed by atoms with Crippen LogP contribution >= 0.6 is 27.5 Å². The first kappa shape index (κ1) is 13.1. The maximum Gasteiger partial charge on any atom is 0.224 e. The van der Waals surface area contributed by atoms with Gasteiger partial charge in [-0.3, -0.25) is 0 Å². The molecule has 1 N–H and O–H groups in total. The van der Waals surface area contributed by atoms with Gasteiger partial charge < -0.3 is 10.1 Å². The minimum absolute atomic E-state index is 0.201. The quantitative estimate of drug-likeness (QED) is 0.867. The van der Waals surface area contributed by atoms with E-state index in [1.54, 1.807) is 13.3 Å². The molecule has 2 rings (SSSR count). The standard InChI is InChI=1S/C12H11BrClN3O/c1-7-5-8(18-2)3-4-10(7)16-11-9(13)6-15-12(14)17-11/h3-6H,1-2H3,(H,15,16,17). The lowest BCUT2D eigenvalue weighted by molar-refractivity contribution is 0.414. The van der Waals surface area contributed by atoms with E-state index in [4.69, 9.17) is 16.3 Å². The van der Waals surface area contributed by atoms with Gasteiger partial charge >= 0.3 is 0 Å². The van der Waals surface area contributed by atoms with Crippen molar-refractivity contribution < 1.29 is 4.74 Å². The van der Waals surface area contributed by atoms with Gasteiger partial charge in [0.15, 0.2) is 0 Å². The van der Waals surface area contributed by atoms with Crippen LogP contribution in [0.25, 0.3) is 0 Å². The van der Waals surface area contributed by atoms with Gasteiger partial charge in [-0.1, -0.05) is 0 Å². The molecule has 0 aliphatic rings. The molecule has 0 aliphatic carbocycles. The van der Waals surface area contributed by atoms with E-state index in [9.17, 15) is 0 Å². The zero-order chi connectivity index (χ0) is 13.1. The Morgan fingerprint density at radius 3 is 2.83 bits per heavy atom. The molecule has 4 nitrogen and oxygen atoms in total. The van der Waals surface area contributed by atoms with Crippen molar-refractivity contribution in [2.45, 2.75) is 6.92 Å². The smallest absolute Gasteiger partial charge is 0.224 e. The highest BCUT2D eigenvalue weighted by molar-refractivity contribution is 9.10. The predicted octanol–water partition coefficient (Wildman–Crippen LogP) is 3.95. The molecule has 94 valence electrons. The highest BCUT2D eigenvalue weighted by Gasteiger charge is 2.06. The van der Waals surface area contributed by atoms with Crippen LogP contribution in [0.4, 0.5) is 11.5 Å². The van der Waals surface area contributed by atoms with Gasteiger partial charge in [0.1, 0.15) is 11.6 Å². The SMILES string of the molecule is COc1ccc(Nc2nc(Cl)ncc2Br)c(C)c1. The largest absolute Gasteiger partial charge is 0.497 e. The molecule has 0 bridgehead atoms. The molecule has 0 unspecified atom stereocenters. The van der Waals surface area contributed by atoms with Crippen molar-refractivity contribution in [2.24, 2.45) is 0 Å². The maximum atomic E-state index is 5.77. The first-order valence-electron chi connectivity index (χ1n) is 5.20. The van der Waals surface area contributed by atoms with Gasteiger partial charge in [0.25, 0.3) is 0 Å². The van der Waals surface area contributed by atoms with E-state index < -0.39 is 0 Å². The fourth-order valence-corrected chi connectivity index (χ4v) is 1.89. The summed E-state index contributed by atoms with van der Waals surface area (Å²) in [6.07, 6.45) is 1.61. The summed E-state index contributed by atoms with van der Waals surface area (Å²) < 4.78 is 5.91. The van der Waals surface area contributed by atoms with Crippen molar-refractivity contribution in [3.05, 3.63) is 39.7 Å². The van der Waals surface area contributed by atoms with Gasteiger partial charge in [0.2, 0.25) is 5.28 Å². The first-order chi connectivity index (χ1) is 8.60. The number of nitrogens with one attached hydrogen (secondary N) is 1. The van der Waals surface area contributed by atoms with Crippen molar-refractivity contribution in [1.29, 1.82) is 0 Å². The van der Waals surface area contributed by atoms with Gasteiger partial charge in [0, 0.05) is 11.9 Å². The van der Waals surface area contributed by atoms with Crippen LogP contribution in [0.5, 0.6) is 5.75 Å². The third kappa shape index (κ3) is 2.91. The Morgan fingerprint density at radius 1 is 1.39 bits per heavy atom. The van der Waals surface area contributed by atoms with E-state index in [0.29, 0.717) is 5.82 Å². The van der Waals surface area contributed by atoms with Crippen LogP contribution in [-0.4, -0.2) is 17.1 Å². The van der Waals surface area contributed by atoms with Crippen LogP contribution < -0.4 is 10.1 Å². The molecular weight excluding hydrogens is 318 g/mol. The summed E-state index contributed by atoms with van der Waals surface area (Å²) in [6.45, 7) is 1.99. The average molecular weight is 329 g/mol. The molecule has 18 heavy (non-hydrogen) atoms. The van der Waals surface area contributed by atoms with Crippen molar-refractivity contribution in [2.75, 3.05) is 12.4 Å². The number of aromatic nitrogens is 2. The summed E-state index contributed by atoms with van der Waals surface area (Å²) in [5.41, 5.74) is 1.99. The Labute approximate surface area is 118 Å². The van der Waals surface area contributed by atoms with Crippen LogP contribution in [0.2, 0.25) is 5.28 Å². The summed E-state index contributed by atoms with van der Waals surface area (Å²) in [7, 11) is 1.64. The number of methoxy groups -OCH3 is 1. The molecule has 1 aromatic heterocycles. The number of anilines is 2. The third-order valence-corrected chi connectivity index (χ3v) is 3.16. The zero-order valence-electron chi connectivity index (χ0n) is 9.87. The fraction of sp³-hybridized carbons (Fsp3) is 0.167. The van der Waals surface area contributed by atoms with E-state index in [0.717, 1.165) is 21.5 Å². The summed E-state index contributed by atoms with van der Waals surface area (Å²) >= 11 is 9.14. The highest BCUT2D eigenvalue weighted by Crippen LogP contribution is 2.27. The van der Waals surface area contributed by atoms with E-state index in [2.05, 4.69) is 31.2 Å².